The molecule has 0 aromatic carbocycles. The predicted molar refractivity (Wildman–Crippen MR) is 68.1 cm³/mol. The van der Waals surface area contributed by atoms with Crippen molar-refractivity contribution in [1.82, 2.24) is 5.32 Å². The Kier molecular flexibility index (Phi) is 5.84. The fourth-order valence-corrected chi connectivity index (χ4v) is 2.36. The smallest absolute Gasteiger partial charge is 0.0683 e. The monoisotopic (exact) mass is 222 g/mol. The van der Waals surface area contributed by atoms with Crippen molar-refractivity contribution in [2.24, 2.45) is 5.41 Å². The molecule has 16 heavy (non-hydrogen) atoms. The maximum Gasteiger partial charge on any atom is 0.0683 e. The van der Waals surface area contributed by atoms with Crippen molar-refractivity contribution in [1.29, 1.82) is 5.26 Å². The highest BCUT2D eigenvalue weighted by atomic mass is 14.9. The molecule has 0 unspecified atom stereocenters. The van der Waals surface area contributed by atoms with E-state index in [1.54, 1.807) is 0 Å². The van der Waals surface area contributed by atoms with Gasteiger partial charge in [0.15, 0.2) is 0 Å². The normalized spacial score (nSPS) is 18.3. The highest BCUT2D eigenvalue weighted by molar-refractivity contribution is 4.91. The Hall–Kier alpha value is -0.550. The molecular weight excluding hydrogens is 196 g/mol. The lowest BCUT2D eigenvalue weighted by atomic mass is 9.89. The summed E-state index contributed by atoms with van der Waals surface area (Å²) >= 11 is 0. The molecule has 0 atom stereocenters. The zero-order chi connectivity index (χ0) is 11.9. The molecule has 0 spiro atoms. The van der Waals surface area contributed by atoms with Crippen LogP contribution in [-0.4, -0.2) is 12.6 Å². The summed E-state index contributed by atoms with van der Waals surface area (Å²) in [6, 6.07) is 3.14. The van der Waals surface area contributed by atoms with Crippen molar-refractivity contribution in [2.45, 2.75) is 71.3 Å². The number of nitrogens with zero attached hydrogens (tertiary/aromatic N) is 1. The fourth-order valence-electron chi connectivity index (χ4n) is 2.36. The van der Waals surface area contributed by atoms with Crippen LogP contribution >= 0.6 is 0 Å². The summed E-state index contributed by atoms with van der Waals surface area (Å²) in [6.45, 7) is 5.19. The van der Waals surface area contributed by atoms with Gasteiger partial charge in [0.05, 0.1) is 11.5 Å². The zero-order valence-electron chi connectivity index (χ0n) is 10.9. The molecule has 0 aromatic rings. The van der Waals surface area contributed by atoms with Gasteiger partial charge >= 0.3 is 0 Å². The average Bonchev–Trinajstić information content (AvgIpc) is 2.30. The van der Waals surface area contributed by atoms with Gasteiger partial charge < -0.3 is 5.32 Å². The average molecular weight is 222 g/mol. The molecule has 1 N–H and O–H groups in total. The Morgan fingerprint density at radius 2 is 1.88 bits per heavy atom. The molecule has 92 valence electrons. The molecule has 1 aliphatic rings. The number of unbranched alkanes of at least 4 members (excludes halogenated alkanes) is 1. The lowest BCUT2D eigenvalue weighted by Crippen LogP contribution is -2.31. The van der Waals surface area contributed by atoms with Gasteiger partial charge in [-0.3, -0.25) is 0 Å². The van der Waals surface area contributed by atoms with Gasteiger partial charge in [0.25, 0.3) is 0 Å². The molecule has 0 aromatic heterocycles. The summed E-state index contributed by atoms with van der Waals surface area (Å²) in [4.78, 5) is 0. The van der Waals surface area contributed by atoms with Crippen LogP contribution in [0.3, 0.4) is 0 Å². The second kappa shape index (κ2) is 6.91. The Balaban J connectivity index is 1.97. The first-order chi connectivity index (χ1) is 7.64. The number of rotatable bonds is 6. The van der Waals surface area contributed by atoms with E-state index < -0.39 is 0 Å². The van der Waals surface area contributed by atoms with E-state index in [1.165, 1.54) is 44.9 Å². The summed E-state index contributed by atoms with van der Waals surface area (Å²) in [6.07, 6.45) is 10.4. The Labute approximate surface area is 100 Å². The maximum atomic E-state index is 8.89. The molecule has 0 bridgehead atoms. The van der Waals surface area contributed by atoms with Gasteiger partial charge in [-0.05, 0) is 46.1 Å². The van der Waals surface area contributed by atoms with Crippen LogP contribution < -0.4 is 5.32 Å². The van der Waals surface area contributed by atoms with Crippen molar-refractivity contribution in [3.63, 3.8) is 0 Å². The van der Waals surface area contributed by atoms with E-state index in [0.29, 0.717) is 0 Å². The van der Waals surface area contributed by atoms with Crippen molar-refractivity contribution < 1.29 is 0 Å². The second-order valence-electron chi connectivity index (χ2n) is 5.74. The predicted octanol–water partition coefficient (Wildman–Crippen LogP) is 3.63. The van der Waals surface area contributed by atoms with Gasteiger partial charge in [-0.1, -0.05) is 25.7 Å². The van der Waals surface area contributed by atoms with Crippen LogP contribution in [0.1, 0.15) is 65.2 Å². The summed E-state index contributed by atoms with van der Waals surface area (Å²) in [5.74, 6) is 0. The van der Waals surface area contributed by atoms with Crippen molar-refractivity contribution in [3.8, 4) is 6.07 Å². The van der Waals surface area contributed by atoms with Gasteiger partial charge in [0, 0.05) is 6.04 Å². The minimum absolute atomic E-state index is 0.134. The quantitative estimate of drug-likeness (QED) is 0.697. The molecule has 0 radical (unpaired) electrons. The van der Waals surface area contributed by atoms with Gasteiger partial charge in [-0.25, -0.2) is 0 Å². The van der Waals surface area contributed by atoms with E-state index in [0.717, 1.165) is 19.0 Å². The molecular formula is C14H26N2. The molecule has 2 nitrogen and oxygen atoms in total. The lowest BCUT2D eigenvalue weighted by Gasteiger charge is -2.23. The summed E-state index contributed by atoms with van der Waals surface area (Å²) in [5, 5.41) is 12.5. The van der Waals surface area contributed by atoms with Gasteiger partial charge in [0.1, 0.15) is 0 Å². The van der Waals surface area contributed by atoms with E-state index >= 15 is 0 Å². The standard InChI is InChI=1S/C14H26N2/c1-14(2,12-15)10-6-7-11-16-13-8-4-3-5-9-13/h13,16H,3-11H2,1-2H3. The van der Waals surface area contributed by atoms with Crippen LogP contribution in [-0.2, 0) is 0 Å². The molecule has 0 saturated heterocycles. The topological polar surface area (TPSA) is 35.8 Å². The Morgan fingerprint density at radius 3 is 2.50 bits per heavy atom. The lowest BCUT2D eigenvalue weighted by molar-refractivity contribution is 0.362. The first-order valence-electron chi connectivity index (χ1n) is 6.79. The largest absolute Gasteiger partial charge is 0.314 e. The van der Waals surface area contributed by atoms with Crippen molar-refractivity contribution >= 4 is 0 Å². The molecule has 2 heteroatoms. The summed E-state index contributed by atoms with van der Waals surface area (Å²) in [5.41, 5.74) is -0.134. The van der Waals surface area contributed by atoms with Crippen LogP contribution in [0.15, 0.2) is 0 Å². The molecule has 1 saturated carbocycles. The highest BCUT2D eigenvalue weighted by Crippen LogP contribution is 2.21. The van der Waals surface area contributed by atoms with E-state index in [2.05, 4.69) is 11.4 Å². The Morgan fingerprint density at radius 1 is 1.19 bits per heavy atom. The molecule has 1 aliphatic carbocycles. The van der Waals surface area contributed by atoms with E-state index in [-0.39, 0.29) is 5.41 Å². The fraction of sp³-hybridized carbons (Fsp3) is 0.929. The second-order valence-corrected chi connectivity index (χ2v) is 5.74. The third-order valence-corrected chi connectivity index (χ3v) is 3.57. The number of hydrogen-bond donors (Lipinski definition) is 1. The van der Waals surface area contributed by atoms with Gasteiger partial charge in [-0.2, -0.15) is 5.26 Å². The van der Waals surface area contributed by atoms with Crippen molar-refractivity contribution in [2.75, 3.05) is 6.54 Å². The number of hydrogen-bond acceptors (Lipinski definition) is 2. The van der Waals surface area contributed by atoms with Gasteiger partial charge in [0.2, 0.25) is 0 Å². The van der Waals surface area contributed by atoms with Crippen LogP contribution in [0.25, 0.3) is 0 Å². The van der Waals surface area contributed by atoms with Crippen LogP contribution in [0.2, 0.25) is 0 Å². The molecule has 1 rings (SSSR count). The minimum Gasteiger partial charge on any atom is -0.314 e. The van der Waals surface area contributed by atoms with E-state index in [1.807, 2.05) is 13.8 Å². The van der Waals surface area contributed by atoms with E-state index in [4.69, 9.17) is 5.26 Å². The molecule has 1 fully saturated rings. The maximum absolute atomic E-state index is 8.89. The minimum atomic E-state index is -0.134. The zero-order valence-corrected chi connectivity index (χ0v) is 10.9. The summed E-state index contributed by atoms with van der Waals surface area (Å²) in [7, 11) is 0. The molecule has 0 aliphatic heterocycles. The van der Waals surface area contributed by atoms with Crippen molar-refractivity contribution in [3.05, 3.63) is 0 Å². The third-order valence-electron chi connectivity index (χ3n) is 3.57. The highest BCUT2D eigenvalue weighted by Gasteiger charge is 2.16. The molecule has 0 amide bonds. The number of nitriles is 1. The third kappa shape index (κ3) is 5.51. The summed E-state index contributed by atoms with van der Waals surface area (Å²) < 4.78 is 0. The van der Waals surface area contributed by atoms with Gasteiger partial charge in [-0.15, -0.1) is 0 Å². The number of nitrogens with one attached hydrogen (secondary N) is 1. The molecule has 0 heterocycles. The SMILES string of the molecule is CC(C)(C#N)CCCCNC1CCCCC1. The van der Waals surface area contributed by atoms with Crippen LogP contribution in [0.4, 0.5) is 0 Å². The van der Waals surface area contributed by atoms with Crippen LogP contribution in [0, 0.1) is 16.7 Å². The van der Waals surface area contributed by atoms with Crippen LogP contribution in [0.5, 0.6) is 0 Å². The van der Waals surface area contributed by atoms with E-state index in [9.17, 15) is 0 Å². The Bertz CT molecular complexity index is 221. The first-order valence-corrected chi connectivity index (χ1v) is 6.79. The first kappa shape index (κ1) is 13.5.